The SMILES string of the molecule is C=CCc1cc(/C=c2\sc3n(c2=O)[C@H](c2ccc(OCC(=O)OC)c(OCC)c2)C(C(=O)OCC)=C(C)N=3)cc(OCC)c1OCc1ccccc1Cl. The van der Waals surface area contributed by atoms with E-state index in [9.17, 15) is 14.4 Å². The third-order valence-corrected chi connectivity index (χ3v) is 9.47. The molecule has 0 fully saturated rings. The summed E-state index contributed by atoms with van der Waals surface area (Å²) in [6.45, 7) is 11.8. The molecule has 3 aromatic carbocycles. The van der Waals surface area contributed by atoms with Crippen LogP contribution in [0.5, 0.6) is 23.0 Å². The molecule has 0 N–H and O–H groups in total. The lowest BCUT2D eigenvalue weighted by Crippen LogP contribution is -2.40. The van der Waals surface area contributed by atoms with Crippen LogP contribution in [0, 0.1) is 0 Å². The Morgan fingerprint density at radius 1 is 0.943 bits per heavy atom. The number of carbonyl (C=O) groups excluding carboxylic acids is 2. The van der Waals surface area contributed by atoms with E-state index in [2.05, 4.69) is 6.58 Å². The van der Waals surface area contributed by atoms with Crippen molar-refractivity contribution in [3.8, 4) is 23.0 Å². The normalized spacial score (nSPS) is 13.8. The quantitative estimate of drug-likeness (QED) is 0.0984. The molecule has 0 aliphatic carbocycles. The van der Waals surface area contributed by atoms with Crippen molar-refractivity contribution < 1.29 is 38.0 Å². The molecule has 5 rings (SSSR count). The van der Waals surface area contributed by atoms with Gasteiger partial charge in [-0.3, -0.25) is 9.36 Å². The van der Waals surface area contributed by atoms with Crippen LogP contribution in [0.2, 0.25) is 5.02 Å². The summed E-state index contributed by atoms with van der Waals surface area (Å²) in [5, 5.41) is 0.597. The van der Waals surface area contributed by atoms with Gasteiger partial charge in [0.05, 0.1) is 48.8 Å². The highest BCUT2D eigenvalue weighted by molar-refractivity contribution is 7.07. The minimum atomic E-state index is -0.905. The Morgan fingerprint density at radius 2 is 1.70 bits per heavy atom. The van der Waals surface area contributed by atoms with E-state index in [4.69, 9.17) is 45.0 Å². The van der Waals surface area contributed by atoms with Crippen molar-refractivity contribution in [1.82, 2.24) is 4.57 Å². The fourth-order valence-electron chi connectivity index (χ4n) is 5.80. The predicted octanol–water partition coefficient (Wildman–Crippen LogP) is 6.11. The second-order valence-corrected chi connectivity index (χ2v) is 13.0. The van der Waals surface area contributed by atoms with Gasteiger partial charge in [0.25, 0.3) is 5.56 Å². The number of aromatic nitrogens is 1. The number of thiazole rings is 1. The summed E-state index contributed by atoms with van der Waals surface area (Å²) in [7, 11) is 1.27. The first-order valence-electron chi connectivity index (χ1n) is 17.1. The molecular weight excluding hydrogens is 720 g/mol. The van der Waals surface area contributed by atoms with Crippen molar-refractivity contribution in [2.24, 2.45) is 4.99 Å². The number of esters is 2. The topological polar surface area (TPSA) is 124 Å². The Labute approximate surface area is 316 Å². The minimum Gasteiger partial charge on any atom is -0.490 e. The van der Waals surface area contributed by atoms with Crippen LogP contribution in [-0.2, 0) is 32.1 Å². The zero-order valence-corrected chi connectivity index (χ0v) is 31.8. The van der Waals surface area contributed by atoms with Crippen molar-refractivity contribution in [3.05, 3.63) is 125 Å². The van der Waals surface area contributed by atoms with Crippen LogP contribution in [0.3, 0.4) is 0 Å². The number of fused-ring (bicyclic) bond motifs is 1. The third-order valence-electron chi connectivity index (χ3n) is 8.12. The molecule has 278 valence electrons. The Bertz CT molecular complexity index is 2220. The van der Waals surface area contributed by atoms with Crippen molar-refractivity contribution in [1.29, 1.82) is 0 Å². The molecule has 13 heteroatoms. The van der Waals surface area contributed by atoms with E-state index in [0.717, 1.165) is 11.1 Å². The summed E-state index contributed by atoms with van der Waals surface area (Å²) in [4.78, 5) is 44.8. The van der Waals surface area contributed by atoms with Gasteiger partial charge in [0, 0.05) is 16.1 Å². The van der Waals surface area contributed by atoms with Crippen LogP contribution in [0.1, 0.15) is 56.0 Å². The average Bonchev–Trinajstić information content (AvgIpc) is 3.44. The van der Waals surface area contributed by atoms with E-state index in [1.807, 2.05) is 50.2 Å². The zero-order valence-electron chi connectivity index (χ0n) is 30.2. The van der Waals surface area contributed by atoms with Crippen LogP contribution in [0.4, 0.5) is 0 Å². The maximum absolute atomic E-state index is 14.4. The molecule has 4 aromatic rings. The Morgan fingerprint density at radius 3 is 2.40 bits per heavy atom. The number of carbonyl (C=O) groups is 2. The highest BCUT2D eigenvalue weighted by Gasteiger charge is 2.34. The number of benzene rings is 3. The lowest BCUT2D eigenvalue weighted by Gasteiger charge is -2.25. The number of halogens is 1. The van der Waals surface area contributed by atoms with Gasteiger partial charge in [-0.1, -0.05) is 53.3 Å². The number of nitrogens with zero attached hydrogens (tertiary/aromatic N) is 2. The molecule has 53 heavy (non-hydrogen) atoms. The zero-order chi connectivity index (χ0) is 38.1. The molecule has 1 aromatic heterocycles. The summed E-state index contributed by atoms with van der Waals surface area (Å²) in [6, 6.07) is 15.3. The molecule has 0 radical (unpaired) electrons. The molecule has 0 unspecified atom stereocenters. The van der Waals surface area contributed by atoms with E-state index in [-0.39, 0.29) is 31.0 Å². The maximum atomic E-state index is 14.4. The van der Waals surface area contributed by atoms with Crippen LogP contribution < -0.4 is 33.8 Å². The van der Waals surface area contributed by atoms with Crippen molar-refractivity contribution in [2.45, 2.75) is 46.8 Å². The van der Waals surface area contributed by atoms with Crippen molar-refractivity contribution >= 4 is 41.0 Å². The highest BCUT2D eigenvalue weighted by atomic mass is 35.5. The molecule has 11 nitrogen and oxygen atoms in total. The van der Waals surface area contributed by atoms with Crippen LogP contribution in [0.25, 0.3) is 6.08 Å². The molecule has 0 bridgehead atoms. The number of hydrogen-bond donors (Lipinski definition) is 0. The van der Waals surface area contributed by atoms with Gasteiger partial charge in [0.15, 0.2) is 34.4 Å². The van der Waals surface area contributed by atoms with Crippen LogP contribution >= 0.6 is 22.9 Å². The largest absolute Gasteiger partial charge is 0.490 e. The Hall–Kier alpha value is -5.33. The second-order valence-electron chi connectivity index (χ2n) is 11.6. The first kappa shape index (κ1) is 38.9. The fourth-order valence-corrected chi connectivity index (χ4v) is 7.04. The van der Waals surface area contributed by atoms with Crippen molar-refractivity contribution in [2.75, 3.05) is 33.5 Å². The lowest BCUT2D eigenvalue weighted by atomic mass is 9.95. The number of methoxy groups -OCH3 is 1. The number of hydrogen-bond acceptors (Lipinski definition) is 11. The molecule has 2 heterocycles. The van der Waals surface area contributed by atoms with E-state index in [1.165, 1.54) is 23.0 Å². The highest BCUT2D eigenvalue weighted by Crippen LogP contribution is 2.37. The summed E-state index contributed by atoms with van der Waals surface area (Å²) in [5.74, 6) is 0.532. The predicted molar refractivity (Wildman–Crippen MR) is 203 cm³/mol. The van der Waals surface area contributed by atoms with E-state index in [0.29, 0.717) is 73.8 Å². The lowest BCUT2D eigenvalue weighted by molar-refractivity contribution is -0.143. The van der Waals surface area contributed by atoms with Gasteiger partial charge < -0.3 is 28.4 Å². The van der Waals surface area contributed by atoms with Crippen LogP contribution in [0.15, 0.2) is 88.3 Å². The summed E-state index contributed by atoms with van der Waals surface area (Å²) in [6.07, 6.45) is 4.02. The maximum Gasteiger partial charge on any atom is 0.343 e. The molecule has 1 aliphatic heterocycles. The Kier molecular flexibility index (Phi) is 13.2. The van der Waals surface area contributed by atoms with Gasteiger partial charge in [-0.25, -0.2) is 14.6 Å². The molecule has 0 saturated heterocycles. The second kappa shape index (κ2) is 17.9. The van der Waals surface area contributed by atoms with Crippen LogP contribution in [-0.4, -0.2) is 50.0 Å². The smallest absolute Gasteiger partial charge is 0.343 e. The van der Waals surface area contributed by atoms with Gasteiger partial charge in [-0.15, -0.1) is 6.58 Å². The van der Waals surface area contributed by atoms with Gasteiger partial charge in [0.2, 0.25) is 0 Å². The van der Waals surface area contributed by atoms with E-state index in [1.54, 1.807) is 44.2 Å². The summed E-state index contributed by atoms with van der Waals surface area (Å²) < 4.78 is 35.9. The Balaban J connectivity index is 1.63. The van der Waals surface area contributed by atoms with Gasteiger partial charge in [-0.2, -0.15) is 0 Å². The van der Waals surface area contributed by atoms with E-state index >= 15 is 0 Å². The monoisotopic (exact) mass is 760 g/mol. The minimum absolute atomic E-state index is 0.130. The third kappa shape index (κ3) is 8.83. The van der Waals surface area contributed by atoms with Gasteiger partial charge in [0.1, 0.15) is 6.61 Å². The number of allylic oxidation sites excluding steroid dienone is 2. The number of ether oxygens (including phenoxy) is 6. The summed E-state index contributed by atoms with van der Waals surface area (Å²) >= 11 is 7.59. The first-order chi connectivity index (χ1) is 25.6. The average molecular weight is 761 g/mol. The first-order valence-corrected chi connectivity index (χ1v) is 18.3. The standard InChI is InChI=1S/C40H41ClN2O9S/c1-7-13-27-18-25(19-32(49-9-3)37(27)52-22-28-14-11-12-15-29(28)41)20-33-38(45)43-36(35(39(46)50-10-4)24(5)42-40(43)53-33)26-16-17-30(31(21-26)48-8-2)51-23-34(44)47-6/h7,11-12,14-21,36H,1,8-10,13,22-23H2,2-6H3/b33-20-/t36-/m1/s1. The fraction of sp³-hybridized carbons (Fsp3) is 0.300. The molecule has 1 atom stereocenters. The van der Waals surface area contributed by atoms with Gasteiger partial charge >= 0.3 is 11.9 Å². The molecule has 0 amide bonds. The summed E-state index contributed by atoms with van der Waals surface area (Å²) in [5.41, 5.74) is 3.16. The number of rotatable bonds is 16. The molecular formula is C40H41ClN2O9S. The van der Waals surface area contributed by atoms with Crippen molar-refractivity contribution in [3.63, 3.8) is 0 Å². The van der Waals surface area contributed by atoms with E-state index < -0.39 is 18.0 Å². The van der Waals surface area contributed by atoms with Gasteiger partial charge in [-0.05, 0) is 81.7 Å². The molecule has 0 saturated carbocycles. The molecule has 1 aliphatic rings. The molecule has 0 spiro atoms.